The quantitative estimate of drug-likeness (QED) is 0.201. The lowest BCUT2D eigenvalue weighted by Crippen LogP contribution is -2.48. The number of unbranched alkanes of at least 4 members (excludes halogenated alkanes) is 6. The molecule has 3 heteroatoms. The van der Waals surface area contributed by atoms with Crippen molar-refractivity contribution < 1.29 is 14.0 Å². The maximum Gasteiger partial charge on any atom is 0.333 e. The van der Waals surface area contributed by atoms with E-state index in [9.17, 15) is 4.79 Å². The monoisotopic (exact) mass is 312 g/mol. The van der Waals surface area contributed by atoms with Crippen LogP contribution in [-0.4, -0.2) is 43.7 Å². The van der Waals surface area contributed by atoms with Gasteiger partial charge < -0.3 is 9.22 Å². The summed E-state index contributed by atoms with van der Waals surface area (Å²) in [6.45, 7) is 13.6. The Balaban J connectivity index is 4.23. The summed E-state index contributed by atoms with van der Waals surface area (Å²) in [5, 5.41) is 0. The third-order valence-electron chi connectivity index (χ3n) is 4.32. The molecule has 0 aromatic carbocycles. The number of nitrogens with zero attached hydrogens (tertiary/aromatic N) is 1. The Bertz CT molecular complexity index is 301. The van der Waals surface area contributed by atoms with E-state index in [1.807, 2.05) is 0 Å². The van der Waals surface area contributed by atoms with E-state index >= 15 is 0 Å². The summed E-state index contributed by atoms with van der Waals surface area (Å²) in [6, 6.07) is 0. The van der Waals surface area contributed by atoms with Crippen LogP contribution < -0.4 is 0 Å². The minimum Gasteiger partial charge on any atom is -0.456 e. The summed E-state index contributed by atoms with van der Waals surface area (Å²) in [4.78, 5) is 11.5. The number of hydrogen-bond acceptors (Lipinski definition) is 2. The van der Waals surface area contributed by atoms with Crippen LogP contribution in [0.3, 0.4) is 0 Å². The summed E-state index contributed by atoms with van der Waals surface area (Å²) in [5.74, 6) is -0.261. The van der Waals surface area contributed by atoms with Crippen LogP contribution in [0.15, 0.2) is 12.2 Å². The van der Waals surface area contributed by atoms with Gasteiger partial charge in [0.1, 0.15) is 13.2 Å². The fraction of sp³-hybridized carbons (Fsp3) is 0.842. The molecule has 0 radical (unpaired) electrons. The van der Waals surface area contributed by atoms with Gasteiger partial charge in [0.15, 0.2) is 0 Å². The van der Waals surface area contributed by atoms with Crippen molar-refractivity contribution in [1.82, 2.24) is 0 Å². The Morgan fingerprint density at radius 3 is 1.82 bits per heavy atom. The second kappa shape index (κ2) is 12.7. The molecule has 0 spiro atoms. The molecule has 0 saturated carbocycles. The Morgan fingerprint density at radius 1 is 0.909 bits per heavy atom. The molecular weight excluding hydrogens is 274 g/mol. The van der Waals surface area contributed by atoms with Crippen molar-refractivity contribution in [3.63, 3.8) is 0 Å². The highest BCUT2D eigenvalue weighted by atomic mass is 16.5. The average Bonchev–Trinajstić information content (AvgIpc) is 2.48. The number of hydrogen-bond donors (Lipinski definition) is 0. The standard InChI is InChI=1S/C19H38NO2/c1-6-8-10-12-14-20(5,15-13-11-9-7-2)16-17-22-19(21)18(3)4/h3,6-17H2,1-2,4-5H3/q+1. The fourth-order valence-electron chi connectivity index (χ4n) is 2.66. The van der Waals surface area contributed by atoms with Gasteiger partial charge in [-0.05, 0) is 32.6 Å². The lowest BCUT2D eigenvalue weighted by Gasteiger charge is -2.34. The second-order valence-corrected chi connectivity index (χ2v) is 6.83. The number of rotatable bonds is 14. The number of carbonyl (C=O) groups excluding carboxylic acids is 1. The van der Waals surface area contributed by atoms with E-state index in [1.54, 1.807) is 6.92 Å². The Hall–Kier alpha value is -0.830. The summed E-state index contributed by atoms with van der Waals surface area (Å²) in [7, 11) is 2.31. The lowest BCUT2D eigenvalue weighted by molar-refractivity contribution is -0.910. The molecule has 0 aliphatic carbocycles. The van der Waals surface area contributed by atoms with E-state index in [0.717, 1.165) is 11.0 Å². The highest BCUT2D eigenvalue weighted by molar-refractivity contribution is 5.86. The zero-order valence-corrected chi connectivity index (χ0v) is 15.5. The molecule has 0 aliphatic rings. The van der Waals surface area contributed by atoms with Gasteiger partial charge >= 0.3 is 5.97 Å². The van der Waals surface area contributed by atoms with Crippen molar-refractivity contribution in [2.24, 2.45) is 0 Å². The minimum atomic E-state index is -0.261. The first-order valence-electron chi connectivity index (χ1n) is 9.11. The smallest absolute Gasteiger partial charge is 0.333 e. The highest BCUT2D eigenvalue weighted by Crippen LogP contribution is 2.12. The highest BCUT2D eigenvalue weighted by Gasteiger charge is 2.21. The third kappa shape index (κ3) is 10.8. The number of carbonyl (C=O) groups is 1. The van der Waals surface area contributed by atoms with Crippen molar-refractivity contribution in [3.05, 3.63) is 12.2 Å². The lowest BCUT2D eigenvalue weighted by atomic mass is 10.1. The predicted octanol–water partition coefficient (Wildman–Crippen LogP) is 4.71. The first-order chi connectivity index (χ1) is 10.4. The van der Waals surface area contributed by atoms with Gasteiger partial charge in [0.2, 0.25) is 0 Å². The fourth-order valence-corrected chi connectivity index (χ4v) is 2.66. The van der Waals surface area contributed by atoms with E-state index in [2.05, 4.69) is 27.5 Å². The van der Waals surface area contributed by atoms with Crippen LogP contribution in [-0.2, 0) is 9.53 Å². The van der Waals surface area contributed by atoms with Gasteiger partial charge in [-0.3, -0.25) is 0 Å². The Labute approximate surface area is 138 Å². The molecule has 0 saturated heterocycles. The molecule has 3 nitrogen and oxygen atoms in total. The van der Waals surface area contributed by atoms with Gasteiger partial charge in [0.25, 0.3) is 0 Å². The molecule has 0 bridgehead atoms. The molecule has 22 heavy (non-hydrogen) atoms. The van der Waals surface area contributed by atoms with Crippen molar-refractivity contribution >= 4 is 5.97 Å². The molecule has 0 N–H and O–H groups in total. The van der Waals surface area contributed by atoms with Crippen LogP contribution >= 0.6 is 0 Å². The van der Waals surface area contributed by atoms with Crippen LogP contribution in [0.4, 0.5) is 0 Å². The zero-order chi connectivity index (χ0) is 16.8. The normalized spacial score (nSPS) is 11.5. The third-order valence-corrected chi connectivity index (χ3v) is 4.32. The summed E-state index contributed by atoms with van der Waals surface area (Å²) < 4.78 is 6.32. The molecule has 130 valence electrons. The van der Waals surface area contributed by atoms with Crippen molar-refractivity contribution in [2.45, 2.75) is 72.1 Å². The molecule has 0 rings (SSSR count). The van der Waals surface area contributed by atoms with Gasteiger partial charge in [-0.15, -0.1) is 0 Å². The van der Waals surface area contributed by atoms with Gasteiger partial charge in [-0.25, -0.2) is 4.79 Å². The van der Waals surface area contributed by atoms with Gasteiger partial charge in [-0.1, -0.05) is 46.1 Å². The first-order valence-corrected chi connectivity index (χ1v) is 9.11. The molecule has 0 atom stereocenters. The Kier molecular flexibility index (Phi) is 12.2. The molecule has 0 amide bonds. The van der Waals surface area contributed by atoms with Gasteiger partial charge in [-0.2, -0.15) is 0 Å². The topological polar surface area (TPSA) is 26.3 Å². The van der Waals surface area contributed by atoms with Crippen LogP contribution in [0.25, 0.3) is 0 Å². The van der Waals surface area contributed by atoms with Gasteiger partial charge in [0, 0.05) is 5.57 Å². The number of ether oxygens (including phenoxy) is 1. The Morgan fingerprint density at radius 2 is 1.41 bits per heavy atom. The summed E-state index contributed by atoms with van der Waals surface area (Å²) in [5.41, 5.74) is 0.486. The second-order valence-electron chi connectivity index (χ2n) is 6.83. The molecule has 0 unspecified atom stereocenters. The average molecular weight is 313 g/mol. The zero-order valence-electron chi connectivity index (χ0n) is 15.5. The molecular formula is C19H38NO2+. The van der Waals surface area contributed by atoms with Crippen molar-refractivity contribution in [1.29, 1.82) is 0 Å². The van der Waals surface area contributed by atoms with Gasteiger partial charge in [0.05, 0.1) is 20.1 Å². The van der Waals surface area contributed by atoms with Crippen LogP contribution in [0.5, 0.6) is 0 Å². The van der Waals surface area contributed by atoms with E-state index < -0.39 is 0 Å². The number of esters is 1. The van der Waals surface area contributed by atoms with Crippen molar-refractivity contribution in [3.8, 4) is 0 Å². The first kappa shape index (κ1) is 21.2. The van der Waals surface area contributed by atoms with Crippen LogP contribution in [0.1, 0.15) is 72.1 Å². The molecule has 0 heterocycles. The molecule has 0 aromatic rings. The number of likely N-dealkylation sites (N-methyl/N-ethyl adjacent to an activating group) is 1. The number of quaternary nitrogens is 1. The van der Waals surface area contributed by atoms with E-state index in [0.29, 0.717) is 12.2 Å². The maximum absolute atomic E-state index is 11.5. The minimum absolute atomic E-state index is 0.261. The molecule has 0 aliphatic heterocycles. The molecule has 0 aromatic heterocycles. The predicted molar refractivity (Wildman–Crippen MR) is 94.8 cm³/mol. The summed E-state index contributed by atoms with van der Waals surface area (Å²) in [6.07, 6.45) is 10.3. The van der Waals surface area contributed by atoms with Crippen LogP contribution in [0.2, 0.25) is 0 Å². The van der Waals surface area contributed by atoms with Crippen molar-refractivity contribution in [2.75, 3.05) is 33.3 Å². The van der Waals surface area contributed by atoms with E-state index in [-0.39, 0.29) is 5.97 Å². The maximum atomic E-state index is 11.5. The SMILES string of the molecule is C=C(C)C(=O)OCC[N+](C)(CCCCCC)CCCCCC. The largest absolute Gasteiger partial charge is 0.456 e. The molecule has 0 fully saturated rings. The van der Waals surface area contributed by atoms with E-state index in [4.69, 9.17) is 4.74 Å². The van der Waals surface area contributed by atoms with Crippen LogP contribution in [0, 0.1) is 0 Å². The summed E-state index contributed by atoms with van der Waals surface area (Å²) >= 11 is 0. The van der Waals surface area contributed by atoms with E-state index in [1.165, 1.54) is 64.5 Å².